The largest absolute Gasteiger partial charge is 0.386 e. The molecule has 1 saturated heterocycles. The summed E-state index contributed by atoms with van der Waals surface area (Å²) in [5.74, 6) is 0.414. The Bertz CT molecular complexity index is 1550. The van der Waals surface area contributed by atoms with E-state index >= 15 is 0 Å². The second-order valence-electron chi connectivity index (χ2n) is 10.7. The van der Waals surface area contributed by atoms with Crippen LogP contribution in [0.2, 0.25) is 0 Å². The number of aliphatic hydroxyl groups is 1. The zero-order valence-electron chi connectivity index (χ0n) is 21.8. The smallest absolute Gasteiger partial charge is 0.110 e. The molecule has 0 bridgehead atoms. The summed E-state index contributed by atoms with van der Waals surface area (Å²) in [6.45, 7) is 7.19. The number of fused-ring (bicyclic) bond motifs is 3. The van der Waals surface area contributed by atoms with Gasteiger partial charge in [0.1, 0.15) is 5.69 Å². The van der Waals surface area contributed by atoms with Crippen molar-refractivity contribution in [3.63, 3.8) is 0 Å². The number of hydrogen-bond donors (Lipinski definition) is 1. The van der Waals surface area contributed by atoms with Gasteiger partial charge in [-0.1, -0.05) is 47.7 Å². The van der Waals surface area contributed by atoms with E-state index in [4.69, 9.17) is 9.72 Å². The second-order valence-corrected chi connectivity index (χ2v) is 10.7. The number of benzene rings is 2. The van der Waals surface area contributed by atoms with Gasteiger partial charge in [-0.05, 0) is 62.8 Å². The van der Waals surface area contributed by atoms with Crippen molar-refractivity contribution in [1.82, 2.24) is 24.5 Å². The molecule has 1 fully saturated rings. The molecule has 0 spiro atoms. The maximum atomic E-state index is 10.9. The first-order valence-corrected chi connectivity index (χ1v) is 13.0. The third kappa shape index (κ3) is 4.12. The lowest BCUT2D eigenvalue weighted by atomic mass is 9.86. The van der Waals surface area contributed by atoms with Crippen LogP contribution in [0.5, 0.6) is 0 Å². The summed E-state index contributed by atoms with van der Waals surface area (Å²) in [6.07, 6.45) is 3.97. The number of ether oxygens (including phenoxy) is 1. The molecule has 5 aromatic rings. The fraction of sp³-hybridized carbons (Fsp3) is 0.367. The summed E-state index contributed by atoms with van der Waals surface area (Å²) in [5, 5.41) is 21.6. The molecule has 37 heavy (non-hydrogen) atoms. The summed E-state index contributed by atoms with van der Waals surface area (Å²) in [6, 6.07) is 19.4. The van der Waals surface area contributed by atoms with Crippen molar-refractivity contribution in [3.05, 3.63) is 77.6 Å². The molecule has 1 aliphatic rings. The molecular formula is C30H33N5O2. The van der Waals surface area contributed by atoms with Crippen molar-refractivity contribution < 1.29 is 9.84 Å². The first-order chi connectivity index (χ1) is 17.8. The van der Waals surface area contributed by atoms with Crippen LogP contribution in [0.1, 0.15) is 49.6 Å². The lowest BCUT2D eigenvalue weighted by Gasteiger charge is -2.33. The zero-order chi connectivity index (χ0) is 25.7. The summed E-state index contributed by atoms with van der Waals surface area (Å²) in [5.41, 5.74) is 6.06. The van der Waals surface area contributed by atoms with Crippen LogP contribution in [-0.2, 0) is 17.4 Å². The highest BCUT2D eigenvalue weighted by Gasteiger charge is 2.31. The number of rotatable bonds is 5. The van der Waals surface area contributed by atoms with E-state index in [1.54, 1.807) is 4.68 Å². The summed E-state index contributed by atoms with van der Waals surface area (Å²) in [7, 11) is 1.90. The Morgan fingerprint density at radius 2 is 1.73 bits per heavy atom. The van der Waals surface area contributed by atoms with Crippen molar-refractivity contribution in [2.75, 3.05) is 13.2 Å². The van der Waals surface area contributed by atoms with Crippen molar-refractivity contribution in [2.24, 2.45) is 13.0 Å². The standard InChI is InChI=1S/C30H33N5O2/c1-19-28(34(4)33-32-19)25-17-27-24(18-31-25)23-11-10-22(30(2,3)36)16-26(23)35(27)29(20-8-6-5-7-9-20)21-12-14-37-15-13-21/h5-11,16-18,21,29,36H,12-15H2,1-4H3/t29-/m0/s1. The van der Waals surface area contributed by atoms with E-state index in [2.05, 4.69) is 63.4 Å². The summed E-state index contributed by atoms with van der Waals surface area (Å²) < 4.78 is 10.0. The second kappa shape index (κ2) is 9.08. The van der Waals surface area contributed by atoms with Gasteiger partial charge in [0.2, 0.25) is 0 Å². The van der Waals surface area contributed by atoms with Gasteiger partial charge >= 0.3 is 0 Å². The molecule has 7 heteroatoms. The molecule has 0 aliphatic carbocycles. The molecule has 0 saturated carbocycles. The molecule has 6 rings (SSSR count). The van der Waals surface area contributed by atoms with Crippen LogP contribution in [0.25, 0.3) is 33.2 Å². The Hall–Kier alpha value is -3.55. The van der Waals surface area contributed by atoms with Crippen LogP contribution in [0.15, 0.2) is 60.8 Å². The Morgan fingerprint density at radius 1 is 1.00 bits per heavy atom. The molecule has 7 nitrogen and oxygen atoms in total. The van der Waals surface area contributed by atoms with E-state index in [1.165, 1.54) is 5.56 Å². The maximum Gasteiger partial charge on any atom is 0.110 e. The molecule has 1 atom stereocenters. The lowest BCUT2D eigenvalue weighted by molar-refractivity contribution is 0.0552. The van der Waals surface area contributed by atoms with Crippen molar-refractivity contribution >= 4 is 21.8 Å². The third-order valence-electron chi connectivity index (χ3n) is 7.77. The molecule has 4 heterocycles. The van der Waals surface area contributed by atoms with Gasteiger partial charge < -0.3 is 14.4 Å². The predicted molar refractivity (Wildman–Crippen MR) is 145 cm³/mol. The van der Waals surface area contributed by atoms with Crippen LogP contribution in [-0.4, -0.2) is 42.9 Å². The van der Waals surface area contributed by atoms with Gasteiger partial charge in [0, 0.05) is 37.2 Å². The van der Waals surface area contributed by atoms with E-state index in [1.807, 2.05) is 40.1 Å². The normalized spacial score (nSPS) is 16.0. The van der Waals surface area contributed by atoms with Gasteiger partial charge in [0.05, 0.1) is 34.1 Å². The van der Waals surface area contributed by atoms with Crippen molar-refractivity contribution in [1.29, 1.82) is 0 Å². The van der Waals surface area contributed by atoms with Crippen LogP contribution in [0.3, 0.4) is 0 Å². The van der Waals surface area contributed by atoms with Gasteiger partial charge in [0.15, 0.2) is 0 Å². The van der Waals surface area contributed by atoms with Crippen molar-refractivity contribution in [2.45, 2.75) is 45.3 Å². The number of nitrogens with zero attached hydrogens (tertiary/aromatic N) is 5. The van der Waals surface area contributed by atoms with Gasteiger partial charge in [-0.15, -0.1) is 5.10 Å². The first kappa shape index (κ1) is 23.8. The zero-order valence-corrected chi connectivity index (χ0v) is 21.8. The molecule has 0 amide bonds. The predicted octanol–water partition coefficient (Wildman–Crippen LogP) is 5.54. The third-order valence-corrected chi connectivity index (χ3v) is 7.77. The van der Waals surface area contributed by atoms with Gasteiger partial charge in [-0.25, -0.2) is 4.68 Å². The van der Waals surface area contributed by atoms with E-state index in [0.29, 0.717) is 5.92 Å². The van der Waals surface area contributed by atoms with Gasteiger partial charge in [-0.2, -0.15) is 0 Å². The fourth-order valence-corrected chi connectivity index (χ4v) is 5.88. The minimum atomic E-state index is -0.947. The minimum absolute atomic E-state index is 0.114. The number of hydrogen-bond acceptors (Lipinski definition) is 5. The van der Waals surface area contributed by atoms with E-state index in [9.17, 15) is 5.11 Å². The molecule has 190 valence electrons. The van der Waals surface area contributed by atoms with Gasteiger partial charge in [0.25, 0.3) is 0 Å². The highest BCUT2D eigenvalue weighted by molar-refractivity contribution is 6.08. The van der Waals surface area contributed by atoms with E-state index < -0.39 is 5.60 Å². The molecule has 1 N–H and O–H groups in total. The molecule has 3 aromatic heterocycles. The van der Waals surface area contributed by atoms with E-state index in [-0.39, 0.29) is 6.04 Å². The maximum absolute atomic E-state index is 10.9. The molecule has 2 aromatic carbocycles. The van der Waals surface area contributed by atoms with Gasteiger partial charge in [-0.3, -0.25) is 4.98 Å². The Kier molecular flexibility index (Phi) is 5.85. The van der Waals surface area contributed by atoms with Crippen LogP contribution >= 0.6 is 0 Å². The number of pyridine rings is 1. The van der Waals surface area contributed by atoms with Crippen molar-refractivity contribution in [3.8, 4) is 11.4 Å². The SMILES string of the molecule is Cc1nnn(C)c1-c1cc2c(cn1)c1ccc(C(C)(C)O)cc1n2[C@@H](c1ccccc1)C1CCOCC1. The topological polar surface area (TPSA) is 78.0 Å². The Morgan fingerprint density at radius 3 is 2.41 bits per heavy atom. The first-order valence-electron chi connectivity index (χ1n) is 13.0. The van der Waals surface area contributed by atoms with Crippen LogP contribution < -0.4 is 0 Å². The Labute approximate surface area is 216 Å². The monoisotopic (exact) mass is 495 g/mol. The lowest BCUT2D eigenvalue weighted by Crippen LogP contribution is -2.27. The number of aryl methyl sites for hydroxylation is 2. The molecule has 0 radical (unpaired) electrons. The highest BCUT2D eigenvalue weighted by Crippen LogP contribution is 2.42. The molecule has 1 aliphatic heterocycles. The average molecular weight is 496 g/mol. The Balaban J connectivity index is 1.69. The summed E-state index contributed by atoms with van der Waals surface area (Å²) in [4.78, 5) is 4.87. The highest BCUT2D eigenvalue weighted by atomic mass is 16.5. The number of aromatic nitrogens is 5. The minimum Gasteiger partial charge on any atom is -0.386 e. The van der Waals surface area contributed by atoms with Crippen LogP contribution in [0.4, 0.5) is 0 Å². The fourth-order valence-electron chi connectivity index (χ4n) is 5.88. The van der Waals surface area contributed by atoms with E-state index in [0.717, 1.165) is 70.5 Å². The molecule has 0 unspecified atom stereocenters. The summed E-state index contributed by atoms with van der Waals surface area (Å²) >= 11 is 0. The average Bonchev–Trinajstić information content (AvgIpc) is 3.40. The van der Waals surface area contributed by atoms with Crippen LogP contribution in [0, 0.1) is 12.8 Å². The molecular weight excluding hydrogens is 462 g/mol. The quantitative estimate of drug-likeness (QED) is 0.347.